The minimum absolute atomic E-state index is 0.110. The second-order valence-corrected chi connectivity index (χ2v) is 3.62. The van der Waals surface area contributed by atoms with Crippen molar-refractivity contribution in [1.82, 2.24) is 4.90 Å². The van der Waals surface area contributed by atoms with Crippen LogP contribution in [0.4, 0.5) is 4.79 Å². The molecule has 1 amide bonds. The van der Waals surface area contributed by atoms with Gasteiger partial charge in [0.2, 0.25) is 0 Å². The van der Waals surface area contributed by atoms with Gasteiger partial charge in [0.25, 0.3) is 0 Å². The van der Waals surface area contributed by atoms with Crippen LogP contribution in [0, 0.1) is 0 Å². The van der Waals surface area contributed by atoms with E-state index in [4.69, 9.17) is 10.2 Å². The highest BCUT2D eigenvalue weighted by atomic mass is 16.4. The number of carbonyl (C=O) groups is 1. The first-order valence-corrected chi connectivity index (χ1v) is 5.36. The highest BCUT2D eigenvalue weighted by molar-refractivity contribution is 5.64. The number of benzene rings is 1. The van der Waals surface area contributed by atoms with Gasteiger partial charge in [0, 0.05) is 19.7 Å². The molecule has 0 heterocycles. The fraction of sp³-hybridized carbons (Fsp3) is 0.417. The van der Waals surface area contributed by atoms with E-state index in [2.05, 4.69) is 0 Å². The van der Waals surface area contributed by atoms with Crippen molar-refractivity contribution in [3.8, 4) is 0 Å². The lowest BCUT2D eigenvalue weighted by molar-refractivity contribution is 0.140. The van der Waals surface area contributed by atoms with Gasteiger partial charge in [-0.25, -0.2) is 4.79 Å². The number of aliphatic hydroxyl groups is 1. The molecule has 0 radical (unpaired) electrons. The van der Waals surface area contributed by atoms with Gasteiger partial charge in [-0.1, -0.05) is 30.3 Å². The SMILES string of the molecule is O=C(O)N(CCCCO)Cc1ccccc1. The number of rotatable bonds is 6. The zero-order valence-electron chi connectivity index (χ0n) is 9.17. The molecule has 1 rings (SSSR count). The third-order valence-corrected chi connectivity index (χ3v) is 2.32. The smallest absolute Gasteiger partial charge is 0.407 e. The van der Waals surface area contributed by atoms with Gasteiger partial charge >= 0.3 is 6.09 Å². The van der Waals surface area contributed by atoms with E-state index in [0.29, 0.717) is 25.9 Å². The van der Waals surface area contributed by atoms with Crippen LogP contribution in [0.5, 0.6) is 0 Å². The maximum atomic E-state index is 11.0. The van der Waals surface area contributed by atoms with Gasteiger partial charge in [0.1, 0.15) is 0 Å². The monoisotopic (exact) mass is 223 g/mol. The first kappa shape index (κ1) is 12.5. The van der Waals surface area contributed by atoms with Gasteiger partial charge in [-0.15, -0.1) is 0 Å². The molecule has 2 N–H and O–H groups in total. The summed E-state index contributed by atoms with van der Waals surface area (Å²) >= 11 is 0. The summed E-state index contributed by atoms with van der Waals surface area (Å²) in [5.74, 6) is 0. The third kappa shape index (κ3) is 4.31. The molecule has 0 aliphatic carbocycles. The summed E-state index contributed by atoms with van der Waals surface area (Å²) in [7, 11) is 0. The van der Waals surface area contributed by atoms with Crippen molar-refractivity contribution < 1.29 is 15.0 Å². The van der Waals surface area contributed by atoms with Crippen molar-refractivity contribution in [2.45, 2.75) is 19.4 Å². The van der Waals surface area contributed by atoms with E-state index >= 15 is 0 Å². The minimum Gasteiger partial charge on any atom is -0.465 e. The number of amides is 1. The summed E-state index contributed by atoms with van der Waals surface area (Å²) in [6.45, 7) is 0.977. The Labute approximate surface area is 95.1 Å². The Morgan fingerprint density at radius 3 is 2.44 bits per heavy atom. The Balaban J connectivity index is 2.48. The quantitative estimate of drug-likeness (QED) is 0.724. The number of nitrogens with zero attached hydrogens (tertiary/aromatic N) is 1. The molecule has 0 aliphatic rings. The first-order valence-electron chi connectivity index (χ1n) is 5.36. The van der Waals surface area contributed by atoms with Gasteiger partial charge < -0.3 is 15.1 Å². The lowest BCUT2D eigenvalue weighted by Gasteiger charge is -2.18. The maximum absolute atomic E-state index is 11.0. The molecule has 0 saturated heterocycles. The highest BCUT2D eigenvalue weighted by Crippen LogP contribution is 2.06. The predicted molar refractivity (Wildman–Crippen MR) is 61.2 cm³/mol. The molecular weight excluding hydrogens is 206 g/mol. The Kier molecular flexibility index (Phi) is 5.36. The van der Waals surface area contributed by atoms with E-state index in [-0.39, 0.29) is 6.61 Å². The molecule has 1 aromatic rings. The average Bonchev–Trinajstić information content (AvgIpc) is 2.29. The van der Waals surface area contributed by atoms with Crippen molar-refractivity contribution in [3.05, 3.63) is 35.9 Å². The molecule has 4 nitrogen and oxygen atoms in total. The summed E-state index contributed by atoms with van der Waals surface area (Å²) in [4.78, 5) is 12.3. The molecule has 0 atom stereocenters. The van der Waals surface area contributed by atoms with Gasteiger partial charge in [-0.3, -0.25) is 0 Å². The normalized spacial score (nSPS) is 10.1. The standard InChI is InChI=1S/C12H17NO3/c14-9-5-4-8-13(12(15)16)10-11-6-2-1-3-7-11/h1-3,6-7,14H,4-5,8-10H2,(H,15,16). The molecule has 0 saturated carbocycles. The van der Waals surface area contributed by atoms with Gasteiger partial charge in [0.15, 0.2) is 0 Å². The Bertz CT molecular complexity index is 313. The van der Waals surface area contributed by atoms with Crippen molar-refractivity contribution in [2.75, 3.05) is 13.2 Å². The average molecular weight is 223 g/mol. The van der Waals surface area contributed by atoms with E-state index < -0.39 is 6.09 Å². The van der Waals surface area contributed by atoms with Crippen LogP contribution in [0.15, 0.2) is 30.3 Å². The van der Waals surface area contributed by atoms with E-state index in [1.807, 2.05) is 30.3 Å². The van der Waals surface area contributed by atoms with Crippen LogP contribution < -0.4 is 0 Å². The Hall–Kier alpha value is -1.55. The molecule has 16 heavy (non-hydrogen) atoms. The van der Waals surface area contributed by atoms with Crippen molar-refractivity contribution in [3.63, 3.8) is 0 Å². The van der Waals surface area contributed by atoms with Crippen LogP contribution in [0.25, 0.3) is 0 Å². The molecule has 0 bridgehead atoms. The van der Waals surface area contributed by atoms with Gasteiger partial charge in [0.05, 0.1) is 0 Å². The lowest BCUT2D eigenvalue weighted by Crippen LogP contribution is -2.30. The predicted octanol–water partition coefficient (Wildman–Crippen LogP) is 1.94. The summed E-state index contributed by atoms with van der Waals surface area (Å²) in [6, 6.07) is 9.50. The summed E-state index contributed by atoms with van der Waals surface area (Å²) < 4.78 is 0. The Morgan fingerprint density at radius 1 is 1.19 bits per heavy atom. The van der Waals surface area contributed by atoms with E-state index in [1.165, 1.54) is 4.90 Å². The van der Waals surface area contributed by atoms with Crippen LogP contribution in [-0.4, -0.2) is 34.4 Å². The molecule has 1 aromatic carbocycles. The van der Waals surface area contributed by atoms with Crippen LogP contribution in [0.1, 0.15) is 18.4 Å². The molecule has 0 fully saturated rings. The highest BCUT2D eigenvalue weighted by Gasteiger charge is 2.11. The van der Waals surface area contributed by atoms with E-state index in [1.54, 1.807) is 0 Å². The maximum Gasteiger partial charge on any atom is 0.407 e. The Morgan fingerprint density at radius 2 is 1.88 bits per heavy atom. The molecular formula is C12H17NO3. The minimum atomic E-state index is -0.915. The van der Waals surface area contributed by atoms with Crippen LogP contribution in [0.2, 0.25) is 0 Å². The first-order chi connectivity index (χ1) is 7.74. The van der Waals surface area contributed by atoms with Crippen molar-refractivity contribution in [2.24, 2.45) is 0 Å². The molecule has 0 spiro atoms. The number of carboxylic acid groups (broad SMARTS) is 1. The molecule has 0 unspecified atom stereocenters. The van der Waals surface area contributed by atoms with Crippen molar-refractivity contribution >= 4 is 6.09 Å². The van der Waals surface area contributed by atoms with Crippen LogP contribution >= 0.6 is 0 Å². The number of unbranched alkanes of at least 4 members (excludes halogenated alkanes) is 1. The van der Waals surface area contributed by atoms with Crippen LogP contribution in [-0.2, 0) is 6.54 Å². The zero-order valence-corrected chi connectivity index (χ0v) is 9.17. The van der Waals surface area contributed by atoms with E-state index in [9.17, 15) is 4.79 Å². The second kappa shape index (κ2) is 6.85. The van der Waals surface area contributed by atoms with E-state index in [0.717, 1.165) is 5.56 Å². The van der Waals surface area contributed by atoms with Gasteiger partial charge in [-0.05, 0) is 18.4 Å². The molecule has 0 aromatic heterocycles. The molecule has 4 heteroatoms. The zero-order chi connectivity index (χ0) is 11.8. The number of hydrogen-bond acceptors (Lipinski definition) is 2. The largest absolute Gasteiger partial charge is 0.465 e. The fourth-order valence-corrected chi connectivity index (χ4v) is 1.46. The second-order valence-electron chi connectivity index (χ2n) is 3.62. The van der Waals surface area contributed by atoms with Crippen molar-refractivity contribution in [1.29, 1.82) is 0 Å². The molecule has 0 aliphatic heterocycles. The fourth-order valence-electron chi connectivity index (χ4n) is 1.46. The summed E-state index contributed by atoms with van der Waals surface area (Å²) in [5, 5.41) is 17.6. The topological polar surface area (TPSA) is 60.8 Å². The lowest BCUT2D eigenvalue weighted by atomic mass is 10.2. The molecule has 88 valence electrons. The summed E-state index contributed by atoms with van der Waals surface area (Å²) in [5.41, 5.74) is 0.980. The van der Waals surface area contributed by atoms with Crippen LogP contribution in [0.3, 0.4) is 0 Å². The van der Waals surface area contributed by atoms with Gasteiger partial charge in [-0.2, -0.15) is 0 Å². The summed E-state index contributed by atoms with van der Waals surface area (Å²) in [6.07, 6.45) is 0.413. The third-order valence-electron chi connectivity index (χ3n) is 2.32. The number of hydrogen-bond donors (Lipinski definition) is 2. The number of aliphatic hydroxyl groups excluding tert-OH is 1.